The average molecular weight is 371 g/mol. The molecule has 1 fully saturated rings. The van der Waals surface area contributed by atoms with Gasteiger partial charge in [0.05, 0.1) is 0 Å². The zero-order valence-corrected chi connectivity index (χ0v) is 15.7. The van der Waals surface area contributed by atoms with Gasteiger partial charge in [0, 0.05) is 45.6 Å². The number of amides is 1. The van der Waals surface area contributed by atoms with Crippen molar-refractivity contribution in [1.29, 1.82) is 0 Å². The van der Waals surface area contributed by atoms with Gasteiger partial charge >= 0.3 is 5.69 Å². The molecule has 1 aromatic rings. The molecule has 0 saturated carbocycles. The van der Waals surface area contributed by atoms with Crippen molar-refractivity contribution in [3.8, 4) is 0 Å². The predicted molar refractivity (Wildman–Crippen MR) is 92.9 cm³/mol. The molecular weight excluding hydrogens is 346 g/mol. The molecule has 10 heteroatoms. The second-order valence-corrected chi connectivity index (χ2v) is 8.66. The summed E-state index contributed by atoms with van der Waals surface area (Å²) in [6, 6.07) is 1.23. The van der Waals surface area contributed by atoms with Gasteiger partial charge < -0.3 is 4.90 Å². The number of nitrogens with zero attached hydrogens (tertiary/aromatic N) is 4. The summed E-state index contributed by atoms with van der Waals surface area (Å²) in [6.07, 6.45) is 2.88. The van der Waals surface area contributed by atoms with Crippen LogP contribution < -0.4 is 10.4 Å². The van der Waals surface area contributed by atoms with Crippen LogP contribution in [0.4, 0.5) is 0 Å². The van der Waals surface area contributed by atoms with E-state index >= 15 is 0 Å². The molecular formula is C15H25N5O4S. The molecule has 1 N–H and O–H groups in total. The van der Waals surface area contributed by atoms with Crippen LogP contribution in [0.15, 0.2) is 23.3 Å². The summed E-state index contributed by atoms with van der Waals surface area (Å²) in [6.45, 7) is 4.63. The Morgan fingerprint density at radius 2 is 2.08 bits per heavy atom. The first-order chi connectivity index (χ1) is 11.6. The lowest BCUT2D eigenvalue weighted by molar-refractivity contribution is -0.131. The highest BCUT2D eigenvalue weighted by Crippen LogP contribution is 2.25. The molecule has 1 aliphatic heterocycles. The van der Waals surface area contributed by atoms with Crippen molar-refractivity contribution in [3.63, 3.8) is 0 Å². The number of likely N-dealkylation sites (tertiary alicyclic amines) is 1. The van der Waals surface area contributed by atoms with Gasteiger partial charge in [0.15, 0.2) is 0 Å². The summed E-state index contributed by atoms with van der Waals surface area (Å²) in [5, 5.41) is 0. The van der Waals surface area contributed by atoms with Crippen molar-refractivity contribution in [2.45, 2.75) is 26.4 Å². The molecule has 25 heavy (non-hydrogen) atoms. The van der Waals surface area contributed by atoms with Crippen LogP contribution in [0, 0.1) is 11.8 Å². The third-order valence-corrected chi connectivity index (χ3v) is 6.01. The lowest BCUT2D eigenvalue weighted by Gasteiger charge is -2.24. The molecule has 2 atom stereocenters. The van der Waals surface area contributed by atoms with E-state index in [1.807, 2.05) is 13.8 Å². The number of carbonyl (C=O) groups is 1. The monoisotopic (exact) mass is 371 g/mol. The van der Waals surface area contributed by atoms with Crippen LogP contribution in [0.25, 0.3) is 0 Å². The zero-order chi connectivity index (χ0) is 18.8. The van der Waals surface area contributed by atoms with E-state index in [0.29, 0.717) is 6.54 Å². The Balaban J connectivity index is 2.12. The van der Waals surface area contributed by atoms with Gasteiger partial charge in [-0.1, -0.05) is 13.8 Å². The largest absolute Gasteiger partial charge is 0.347 e. The van der Waals surface area contributed by atoms with E-state index in [1.165, 1.54) is 31.1 Å². The number of carbonyl (C=O) groups excluding carboxylic acids is 1. The zero-order valence-electron chi connectivity index (χ0n) is 14.9. The number of rotatable bonds is 6. The van der Waals surface area contributed by atoms with Crippen molar-refractivity contribution in [2.24, 2.45) is 11.8 Å². The molecule has 0 unspecified atom stereocenters. The summed E-state index contributed by atoms with van der Waals surface area (Å²) in [4.78, 5) is 29.4. The molecule has 0 spiro atoms. The third-order valence-electron chi connectivity index (χ3n) is 4.44. The molecule has 0 radical (unpaired) electrons. The van der Waals surface area contributed by atoms with E-state index in [9.17, 15) is 18.0 Å². The average Bonchev–Trinajstić information content (AvgIpc) is 2.93. The SMILES string of the molecule is CC(C)[C@@H]1CN(C(=O)Cn2cccnc2=O)C[C@H]1NS(=O)(=O)N(C)C. The van der Waals surface area contributed by atoms with Crippen molar-refractivity contribution >= 4 is 16.1 Å². The number of hydrogen-bond donors (Lipinski definition) is 1. The Kier molecular flexibility index (Phi) is 5.96. The van der Waals surface area contributed by atoms with E-state index in [4.69, 9.17) is 0 Å². The fourth-order valence-electron chi connectivity index (χ4n) is 2.88. The van der Waals surface area contributed by atoms with Gasteiger partial charge in [0.1, 0.15) is 6.54 Å². The van der Waals surface area contributed by atoms with Crippen molar-refractivity contribution < 1.29 is 13.2 Å². The van der Waals surface area contributed by atoms with Crippen LogP contribution in [0.2, 0.25) is 0 Å². The molecule has 140 valence electrons. The molecule has 2 rings (SSSR count). The lowest BCUT2D eigenvalue weighted by Crippen LogP contribution is -2.47. The maximum Gasteiger partial charge on any atom is 0.347 e. The summed E-state index contributed by atoms with van der Waals surface area (Å²) in [5.74, 6) is -0.0228. The topological polar surface area (TPSA) is 105 Å². The summed E-state index contributed by atoms with van der Waals surface area (Å²) >= 11 is 0. The first kappa shape index (κ1) is 19.5. The van der Waals surface area contributed by atoms with Crippen LogP contribution in [0.5, 0.6) is 0 Å². The Morgan fingerprint density at radius 1 is 1.40 bits per heavy atom. The quantitative estimate of drug-likeness (QED) is 0.699. The molecule has 0 bridgehead atoms. The van der Waals surface area contributed by atoms with Gasteiger partial charge in [0.25, 0.3) is 10.2 Å². The van der Waals surface area contributed by atoms with E-state index in [2.05, 4.69) is 9.71 Å². The smallest absolute Gasteiger partial charge is 0.339 e. The van der Waals surface area contributed by atoms with Crippen LogP contribution in [0.1, 0.15) is 13.8 Å². The molecule has 1 saturated heterocycles. The summed E-state index contributed by atoms with van der Waals surface area (Å²) in [5.41, 5.74) is -0.486. The highest BCUT2D eigenvalue weighted by Gasteiger charge is 2.39. The molecule has 0 aromatic carbocycles. The minimum absolute atomic E-state index is 0.00398. The third kappa shape index (κ3) is 4.65. The van der Waals surface area contributed by atoms with Crippen molar-refractivity contribution in [3.05, 3.63) is 28.9 Å². The molecule has 2 heterocycles. The van der Waals surface area contributed by atoms with Crippen molar-refractivity contribution in [1.82, 2.24) is 23.5 Å². The van der Waals surface area contributed by atoms with E-state index in [-0.39, 0.29) is 36.9 Å². The van der Waals surface area contributed by atoms with Gasteiger partial charge in [-0.2, -0.15) is 17.4 Å². The fraction of sp³-hybridized carbons (Fsp3) is 0.667. The lowest BCUT2D eigenvalue weighted by atomic mass is 9.92. The first-order valence-electron chi connectivity index (χ1n) is 8.11. The van der Waals surface area contributed by atoms with Crippen LogP contribution in [-0.4, -0.2) is 66.3 Å². The second kappa shape index (κ2) is 7.63. The van der Waals surface area contributed by atoms with Crippen LogP contribution >= 0.6 is 0 Å². The Bertz CT molecular complexity index is 774. The van der Waals surface area contributed by atoms with Gasteiger partial charge in [-0.3, -0.25) is 9.36 Å². The maximum atomic E-state index is 12.5. The normalized spacial score (nSPS) is 21.3. The Morgan fingerprint density at radius 3 is 2.64 bits per heavy atom. The standard InChI is InChI=1S/C15H25N5O4S/c1-11(2)12-8-20(9-13(12)17-25(23,24)18(3)4)14(21)10-19-7-5-6-16-15(19)22/h5-7,11-13,17H,8-10H2,1-4H3/t12-,13+/m0/s1. The number of aromatic nitrogens is 2. The van der Waals surface area contributed by atoms with E-state index < -0.39 is 15.9 Å². The number of hydrogen-bond acceptors (Lipinski definition) is 5. The second-order valence-electron chi connectivity index (χ2n) is 6.75. The van der Waals surface area contributed by atoms with Crippen molar-refractivity contribution in [2.75, 3.05) is 27.2 Å². The summed E-state index contributed by atoms with van der Waals surface area (Å²) in [7, 11) is -0.667. The highest BCUT2D eigenvalue weighted by molar-refractivity contribution is 7.87. The minimum atomic E-state index is -3.58. The van der Waals surface area contributed by atoms with Crippen LogP contribution in [0.3, 0.4) is 0 Å². The van der Waals surface area contributed by atoms with Crippen LogP contribution in [-0.2, 0) is 21.5 Å². The van der Waals surface area contributed by atoms with Gasteiger partial charge in [-0.05, 0) is 17.9 Å². The number of nitrogens with one attached hydrogen (secondary N) is 1. The molecule has 0 aliphatic carbocycles. The minimum Gasteiger partial charge on any atom is -0.339 e. The van der Waals surface area contributed by atoms with E-state index in [1.54, 1.807) is 11.0 Å². The Labute approximate surface area is 147 Å². The van der Waals surface area contributed by atoms with E-state index in [0.717, 1.165) is 4.31 Å². The Hall–Kier alpha value is -1.78. The molecule has 1 aromatic heterocycles. The van der Waals surface area contributed by atoms with Gasteiger partial charge in [-0.15, -0.1) is 0 Å². The fourth-order valence-corrected chi connectivity index (χ4v) is 3.73. The maximum absolute atomic E-state index is 12.5. The van der Waals surface area contributed by atoms with Gasteiger partial charge in [0.2, 0.25) is 5.91 Å². The molecule has 1 aliphatic rings. The predicted octanol–water partition coefficient (Wildman–Crippen LogP) is -0.878. The highest BCUT2D eigenvalue weighted by atomic mass is 32.2. The van der Waals surface area contributed by atoms with Gasteiger partial charge in [-0.25, -0.2) is 9.78 Å². The molecule has 9 nitrogen and oxygen atoms in total. The first-order valence-corrected chi connectivity index (χ1v) is 9.55. The molecule has 1 amide bonds. The summed E-state index contributed by atoms with van der Waals surface area (Å²) < 4.78 is 29.3.